The van der Waals surface area contributed by atoms with Crippen LogP contribution in [0.3, 0.4) is 0 Å². The SMILES string of the molecule is CC[C@@H](c1nnnn1C[C@@H]1CCCO1)N(Cc1ccc(OC)cc1)Cc1cc2cc(C)ccc2[nH]c1=O. The third-order valence-electron chi connectivity index (χ3n) is 7.08. The van der Waals surface area contributed by atoms with Gasteiger partial charge in [0.05, 0.1) is 25.8 Å². The summed E-state index contributed by atoms with van der Waals surface area (Å²) in [6, 6.07) is 16.0. The summed E-state index contributed by atoms with van der Waals surface area (Å²) < 4.78 is 13.1. The molecule has 3 heterocycles. The molecule has 194 valence electrons. The number of benzene rings is 2. The van der Waals surface area contributed by atoms with Gasteiger partial charge in [-0.15, -0.1) is 5.10 Å². The zero-order valence-corrected chi connectivity index (χ0v) is 21.7. The number of tetrazole rings is 1. The van der Waals surface area contributed by atoms with E-state index < -0.39 is 0 Å². The molecule has 1 aliphatic heterocycles. The van der Waals surface area contributed by atoms with Crippen molar-refractivity contribution < 1.29 is 9.47 Å². The molecule has 2 atom stereocenters. The molecule has 5 rings (SSSR count). The summed E-state index contributed by atoms with van der Waals surface area (Å²) in [4.78, 5) is 18.5. The summed E-state index contributed by atoms with van der Waals surface area (Å²) in [5.41, 5.74) is 3.74. The van der Waals surface area contributed by atoms with Gasteiger partial charge in [0.1, 0.15) is 5.75 Å². The molecule has 4 aromatic rings. The van der Waals surface area contributed by atoms with Crippen molar-refractivity contribution >= 4 is 10.9 Å². The van der Waals surface area contributed by atoms with Crippen LogP contribution < -0.4 is 10.3 Å². The monoisotopic (exact) mass is 502 g/mol. The van der Waals surface area contributed by atoms with Crippen LogP contribution in [0.1, 0.15) is 54.7 Å². The third kappa shape index (κ3) is 5.73. The standard InChI is InChI=1S/C28H34N6O3/c1-4-26(27-30-31-32-34(27)18-24-6-5-13-37-24)33(16-20-8-10-23(36-3)11-9-20)17-22-15-21-14-19(2)7-12-25(21)29-28(22)35/h7-12,14-15,24,26H,4-6,13,16-18H2,1-3H3,(H,29,35)/t24-,26-/m0/s1. The number of nitrogens with one attached hydrogen (secondary N) is 1. The second kappa shape index (κ2) is 11.2. The van der Waals surface area contributed by atoms with Crippen molar-refractivity contribution in [1.29, 1.82) is 0 Å². The van der Waals surface area contributed by atoms with E-state index in [-0.39, 0.29) is 17.7 Å². The molecule has 0 aliphatic carbocycles. The Hall–Kier alpha value is -3.56. The Morgan fingerprint density at radius 1 is 1.19 bits per heavy atom. The van der Waals surface area contributed by atoms with Crippen LogP contribution in [0.25, 0.3) is 10.9 Å². The number of aryl methyl sites for hydroxylation is 1. The fourth-order valence-corrected chi connectivity index (χ4v) is 5.11. The average molecular weight is 503 g/mol. The van der Waals surface area contributed by atoms with Crippen molar-refractivity contribution in [3.8, 4) is 5.75 Å². The van der Waals surface area contributed by atoms with E-state index in [1.165, 1.54) is 0 Å². The molecule has 2 aromatic carbocycles. The average Bonchev–Trinajstić information content (AvgIpc) is 3.58. The van der Waals surface area contributed by atoms with Crippen LogP contribution in [0.5, 0.6) is 5.75 Å². The Balaban J connectivity index is 1.50. The zero-order valence-electron chi connectivity index (χ0n) is 21.7. The van der Waals surface area contributed by atoms with Crippen molar-refractivity contribution in [3.63, 3.8) is 0 Å². The van der Waals surface area contributed by atoms with Crippen LogP contribution in [0.2, 0.25) is 0 Å². The Kier molecular flexibility index (Phi) is 7.62. The smallest absolute Gasteiger partial charge is 0.252 e. The highest BCUT2D eigenvalue weighted by Crippen LogP contribution is 2.28. The number of methoxy groups -OCH3 is 1. The maximum atomic E-state index is 13.1. The van der Waals surface area contributed by atoms with Gasteiger partial charge >= 0.3 is 0 Å². The van der Waals surface area contributed by atoms with Gasteiger partial charge in [0.25, 0.3) is 5.56 Å². The molecule has 0 amide bonds. The second-order valence-corrected chi connectivity index (χ2v) is 9.75. The second-order valence-electron chi connectivity index (χ2n) is 9.75. The van der Waals surface area contributed by atoms with E-state index in [1.807, 2.05) is 35.0 Å². The fraction of sp³-hybridized carbons (Fsp3) is 0.429. The summed E-state index contributed by atoms with van der Waals surface area (Å²) in [5, 5.41) is 13.8. The van der Waals surface area contributed by atoms with E-state index >= 15 is 0 Å². The first-order valence-corrected chi connectivity index (χ1v) is 12.9. The van der Waals surface area contributed by atoms with Crippen LogP contribution in [-0.2, 0) is 24.4 Å². The van der Waals surface area contributed by atoms with Gasteiger partial charge < -0.3 is 14.5 Å². The number of rotatable bonds is 10. The maximum absolute atomic E-state index is 13.1. The highest BCUT2D eigenvalue weighted by Gasteiger charge is 2.28. The number of fused-ring (bicyclic) bond motifs is 1. The molecule has 1 aliphatic rings. The molecular formula is C28H34N6O3. The number of ether oxygens (including phenoxy) is 2. The minimum Gasteiger partial charge on any atom is -0.497 e. The first kappa shape index (κ1) is 25.1. The van der Waals surface area contributed by atoms with Gasteiger partial charge in [0, 0.05) is 30.8 Å². The normalized spacial score (nSPS) is 16.5. The maximum Gasteiger partial charge on any atom is 0.252 e. The molecule has 37 heavy (non-hydrogen) atoms. The van der Waals surface area contributed by atoms with Gasteiger partial charge in [-0.05, 0) is 77.9 Å². The van der Waals surface area contributed by atoms with E-state index in [0.29, 0.717) is 25.2 Å². The molecule has 0 spiro atoms. The summed E-state index contributed by atoms with van der Waals surface area (Å²) >= 11 is 0. The number of nitrogens with zero attached hydrogens (tertiary/aromatic N) is 5. The highest BCUT2D eigenvalue weighted by atomic mass is 16.5. The van der Waals surface area contributed by atoms with E-state index in [1.54, 1.807) is 7.11 Å². The molecule has 9 nitrogen and oxygen atoms in total. The molecule has 0 unspecified atom stereocenters. The molecule has 0 radical (unpaired) electrons. The molecule has 0 saturated carbocycles. The van der Waals surface area contributed by atoms with Crippen LogP contribution in [0.15, 0.2) is 53.3 Å². The van der Waals surface area contributed by atoms with Crippen molar-refractivity contribution in [3.05, 3.63) is 81.4 Å². The highest BCUT2D eigenvalue weighted by molar-refractivity contribution is 5.79. The summed E-state index contributed by atoms with van der Waals surface area (Å²) in [6.07, 6.45) is 2.98. The molecule has 9 heteroatoms. The van der Waals surface area contributed by atoms with Gasteiger partial charge in [-0.3, -0.25) is 9.69 Å². The number of hydrogen-bond donors (Lipinski definition) is 1. The van der Waals surface area contributed by atoms with Crippen molar-refractivity contribution in [1.82, 2.24) is 30.1 Å². The van der Waals surface area contributed by atoms with Gasteiger partial charge in [0.2, 0.25) is 0 Å². The molecule has 1 saturated heterocycles. The Morgan fingerprint density at radius 2 is 2.03 bits per heavy atom. The molecule has 1 fully saturated rings. The number of pyridine rings is 1. The lowest BCUT2D eigenvalue weighted by atomic mass is 10.1. The fourth-order valence-electron chi connectivity index (χ4n) is 5.11. The van der Waals surface area contributed by atoms with E-state index in [2.05, 4.69) is 57.5 Å². The van der Waals surface area contributed by atoms with Crippen molar-refractivity contribution in [2.75, 3.05) is 13.7 Å². The summed E-state index contributed by atoms with van der Waals surface area (Å²) in [7, 11) is 1.66. The first-order valence-electron chi connectivity index (χ1n) is 12.9. The van der Waals surface area contributed by atoms with Crippen molar-refractivity contribution in [2.24, 2.45) is 0 Å². The summed E-state index contributed by atoms with van der Waals surface area (Å²) in [6.45, 7) is 6.68. The Morgan fingerprint density at radius 3 is 2.76 bits per heavy atom. The molecule has 2 aromatic heterocycles. The largest absolute Gasteiger partial charge is 0.497 e. The molecule has 0 bridgehead atoms. The van der Waals surface area contributed by atoms with Crippen LogP contribution in [0, 0.1) is 6.92 Å². The van der Waals surface area contributed by atoms with Crippen LogP contribution in [-0.4, -0.2) is 49.9 Å². The number of H-pyrrole nitrogens is 1. The van der Waals surface area contributed by atoms with Gasteiger partial charge in [-0.2, -0.15) is 0 Å². The summed E-state index contributed by atoms with van der Waals surface area (Å²) in [5.74, 6) is 1.60. The minimum atomic E-state index is -0.0916. The van der Waals surface area contributed by atoms with Gasteiger partial charge in [-0.1, -0.05) is 30.7 Å². The lowest BCUT2D eigenvalue weighted by Crippen LogP contribution is -2.33. The Bertz CT molecular complexity index is 1390. The molecular weight excluding hydrogens is 468 g/mol. The lowest BCUT2D eigenvalue weighted by Gasteiger charge is -2.30. The number of hydrogen-bond acceptors (Lipinski definition) is 7. The Labute approximate surface area is 216 Å². The third-order valence-corrected chi connectivity index (χ3v) is 7.08. The quantitative estimate of drug-likeness (QED) is 0.348. The predicted molar refractivity (Wildman–Crippen MR) is 141 cm³/mol. The van der Waals surface area contributed by atoms with E-state index in [4.69, 9.17) is 9.47 Å². The first-order chi connectivity index (χ1) is 18.0. The van der Waals surface area contributed by atoms with Crippen LogP contribution >= 0.6 is 0 Å². The van der Waals surface area contributed by atoms with E-state index in [0.717, 1.165) is 59.5 Å². The minimum absolute atomic E-state index is 0.0788. The van der Waals surface area contributed by atoms with E-state index in [9.17, 15) is 4.79 Å². The van der Waals surface area contributed by atoms with Crippen LogP contribution in [0.4, 0.5) is 0 Å². The van der Waals surface area contributed by atoms with Gasteiger partial charge in [-0.25, -0.2) is 4.68 Å². The lowest BCUT2D eigenvalue weighted by molar-refractivity contribution is 0.0888. The predicted octanol–water partition coefficient (Wildman–Crippen LogP) is 4.16. The molecule has 1 N–H and O–H groups in total. The number of aromatic amines is 1. The van der Waals surface area contributed by atoms with Gasteiger partial charge in [0.15, 0.2) is 5.82 Å². The zero-order chi connectivity index (χ0) is 25.8. The topological polar surface area (TPSA) is 98.2 Å². The van der Waals surface area contributed by atoms with Crippen molar-refractivity contribution in [2.45, 2.75) is 64.9 Å². The number of aromatic nitrogens is 5.